The number of hydrogen-bond acceptors (Lipinski definition) is 6. The van der Waals surface area contributed by atoms with Gasteiger partial charge in [-0.1, -0.05) is 55.3 Å². The molecule has 2 aromatic heterocycles. The van der Waals surface area contributed by atoms with Crippen molar-refractivity contribution in [2.75, 3.05) is 31.7 Å². The highest BCUT2D eigenvalue weighted by Gasteiger charge is 2.27. The fraction of sp³-hybridized carbons (Fsp3) is 0.387. The summed E-state index contributed by atoms with van der Waals surface area (Å²) in [5.41, 5.74) is 1.71. The van der Waals surface area contributed by atoms with Gasteiger partial charge in [0.2, 0.25) is 5.91 Å². The quantitative estimate of drug-likeness (QED) is 0.278. The number of nitrogens with zero attached hydrogens (tertiary/aromatic N) is 6. The van der Waals surface area contributed by atoms with Gasteiger partial charge in [-0.3, -0.25) is 9.69 Å². The molecule has 5 rings (SSSR count). The molecule has 1 N–H and O–H groups in total. The number of rotatable bonds is 11. The molecule has 1 fully saturated rings. The van der Waals surface area contributed by atoms with Crippen molar-refractivity contribution in [1.29, 1.82) is 0 Å². The van der Waals surface area contributed by atoms with Gasteiger partial charge >= 0.3 is 6.09 Å². The topological polar surface area (TPSA) is 114 Å². The first-order valence-corrected chi connectivity index (χ1v) is 14.1. The van der Waals surface area contributed by atoms with E-state index in [1.165, 1.54) is 7.11 Å². The molecule has 2 amide bonds. The standard InChI is InChI=1S/C31H36N6O4/c1-22-33-30(25-14-15-32-28(20-25)36(31(39)40)18-19-41-2)34-37(22)17-16-35(26-11-4-5-12-26)29(38)21-24-10-7-9-23-8-3-6-13-27(23)24/h3,6-10,13-15,20,26H,4-5,11-12,16-19,21H2,1-2H3,(H,39,40). The largest absolute Gasteiger partial charge is 0.465 e. The van der Waals surface area contributed by atoms with Crippen molar-refractivity contribution in [3.63, 3.8) is 0 Å². The van der Waals surface area contributed by atoms with Crippen LogP contribution in [0.15, 0.2) is 60.8 Å². The molecule has 1 aliphatic rings. The van der Waals surface area contributed by atoms with Crippen LogP contribution in [0.5, 0.6) is 0 Å². The molecule has 0 atom stereocenters. The Morgan fingerprint density at radius 3 is 2.63 bits per heavy atom. The molecular weight excluding hydrogens is 520 g/mol. The summed E-state index contributed by atoms with van der Waals surface area (Å²) in [5.74, 6) is 1.63. The van der Waals surface area contributed by atoms with Crippen LogP contribution in [0.1, 0.15) is 37.1 Å². The Labute approximate surface area is 239 Å². The summed E-state index contributed by atoms with van der Waals surface area (Å²) in [6.07, 6.45) is 5.12. The van der Waals surface area contributed by atoms with Crippen molar-refractivity contribution in [3.8, 4) is 11.4 Å². The molecule has 41 heavy (non-hydrogen) atoms. The minimum absolute atomic E-state index is 0.134. The van der Waals surface area contributed by atoms with Gasteiger partial charge in [0.25, 0.3) is 0 Å². The number of fused-ring (bicyclic) bond motifs is 1. The third-order valence-corrected chi connectivity index (χ3v) is 7.75. The third kappa shape index (κ3) is 6.54. The van der Waals surface area contributed by atoms with Crippen LogP contribution in [0.25, 0.3) is 22.2 Å². The van der Waals surface area contributed by atoms with Crippen molar-refractivity contribution >= 4 is 28.6 Å². The van der Waals surface area contributed by atoms with E-state index < -0.39 is 6.09 Å². The summed E-state index contributed by atoms with van der Waals surface area (Å²) in [6.45, 7) is 3.36. The molecule has 4 aromatic rings. The number of carbonyl (C=O) groups excluding carboxylic acids is 1. The Kier molecular flexibility index (Phi) is 8.88. The maximum atomic E-state index is 13.7. The number of benzene rings is 2. The molecule has 0 spiro atoms. The lowest BCUT2D eigenvalue weighted by Gasteiger charge is -2.29. The van der Waals surface area contributed by atoms with Crippen LogP contribution in [-0.2, 0) is 22.5 Å². The Morgan fingerprint density at radius 2 is 1.85 bits per heavy atom. The lowest BCUT2D eigenvalue weighted by molar-refractivity contribution is -0.132. The van der Waals surface area contributed by atoms with Crippen LogP contribution in [0, 0.1) is 6.92 Å². The summed E-state index contributed by atoms with van der Waals surface area (Å²) in [5, 5.41) is 16.6. The number of methoxy groups -OCH3 is 1. The summed E-state index contributed by atoms with van der Waals surface area (Å²) < 4.78 is 6.86. The van der Waals surface area contributed by atoms with Gasteiger partial charge in [0.15, 0.2) is 5.82 Å². The van der Waals surface area contributed by atoms with Crippen LogP contribution in [-0.4, -0.2) is 74.6 Å². The maximum absolute atomic E-state index is 13.7. The van der Waals surface area contributed by atoms with Gasteiger partial charge in [0.1, 0.15) is 11.6 Å². The maximum Gasteiger partial charge on any atom is 0.413 e. The predicted octanol–water partition coefficient (Wildman–Crippen LogP) is 4.95. The van der Waals surface area contributed by atoms with Crippen molar-refractivity contribution in [2.45, 2.75) is 51.6 Å². The monoisotopic (exact) mass is 556 g/mol. The number of pyridine rings is 1. The van der Waals surface area contributed by atoms with E-state index in [1.54, 1.807) is 18.3 Å². The zero-order valence-electron chi connectivity index (χ0n) is 23.6. The lowest BCUT2D eigenvalue weighted by atomic mass is 10.0. The molecule has 2 heterocycles. The zero-order chi connectivity index (χ0) is 28.8. The highest BCUT2D eigenvalue weighted by molar-refractivity contribution is 5.90. The lowest BCUT2D eigenvalue weighted by Crippen LogP contribution is -2.42. The van der Waals surface area contributed by atoms with Gasteiger partial charge in [-0.05, 0) is 48.2 Å². The van der Waals surface area contributed by atoms with Gasteiger partial charge in [-0.2, -0.15) is 5.10 Å². The van der Waals surface area contributed by atoms with Gasteiger partial charge in [-0.25, -0.2) is 19.4 Å². The zero-order valence-corrected chi connectivity index (χ0v) is 23.6. The van der Waals surface area contributed by atoms with Crippen LogP contribution in [0.2, 0.25) is 0 Å². The number of ether oxygens (including phenoxy) is 1. The van der Waals surface area contributed by atoms with E-state index in [2.05, 4.69) is 28.2 Å². The Balaban J connectivity index is 1.33. The second-order valence-corrected chi connectivity index (χ2v) is 10.4. The number of carbonyl (C=O) groups is 2. The first-order valence-electron chi connectivity index (χ1n) is 14.1. The third-order valence-electron chi connectivity index (χ3n) is 7.75. The van der Waals surface area contributed by atoms with Crippen LogP contribution in [0.4, 0.5) is 10.6 Å². The van der Waals surface area contributed by atoms with E-state index in [0.29, 0.717) is 30.9 Å². The van der Waals surface area contributed by atoms with Crippen molar-refractivity contribution in [2.24, 2.45) is 0 Å². The fourth-order valence-corrected chi connectivity index (χ4v) is 5.59. The molecule has 0 bridgehead atoms. The SMILES string of the molecule is COCCN(C(=O)O)c1cc(-c2nc(C)n(CCN(C(=O)Cc3cccc4ccccc34)C3CCCC3)n2)ccn1. The van der Waals surface area contributed by atoms with Crippen molar-refractivity contribution in [3.05, 3.63) is 72.2 Å². The smallest absolute Gasteiger partial charge is 0.413 e. The number of carboxylic acid groups (broad SMARTS) is 1. The molecule has 2 aromatic carbocycles. The molecule has 0 unspecified atom stereocenters. The molecule has 214 valence electrons. The Bertz CT molecular complexity index is 1510. The highest BCUT2D eigenvalue weighted by Crippen LogP contribution is 2.26. The highest BCUT2D eigenvalue weighted by atomic mass is 16.5. The van der Waals surface area contributed by atoms with E-state index in [4.69, 9.17) is 9.84 Å². The average molecular weight is 557 g/mol. The van der Waals surface area contributed by atoms with Crippen LogP contribution in [0.3, 0.4) is 0 Å². The predicted molar refractivity (Wildman–Crippen MR) is 157 cm³/mol. The minimum Gasteiger partial charge on any atom is -0.465 e. The van der Waals surface area contributed by atoms with Crippen molar-refractivity contribution in [1.82, 2.24) is 24.6 Å². The number of aryl methyl sites for hydroxylation is 1. The van der Waals surface area contributed by atoms with Gasteiger partial charge in [0, 0.05) is 31.5 Å². The molecule has 10 nitrogen and oxygen atoms in total. The van der Waals surface area contributed by atoms with E-state index in [1.807, 2.05) is 40.8 Å². The summed E-state index contributed by atoms with van der Waals surface area (Å²) in [6, 6.07) is 18.0. The summed E-state index contributed by atoms with van der Waals surface area (Å²) >= 11 is 0. The second-order valence-electron chi connectivity index (χ2n) is 10.4. The molecule has 1 aliphatic carbocycles. The molecule has 10 heteroatoms. The summed E-state index contributed by atoms with van der Waals surface area (Å²) in [7, 11) is 1.52. The molecular formula is C31H36N6O4. The number of hydrogen-bond donors (Lipinski definition) is 1. The van der Waals surface area contributed by atoms with Crippen molar-refractivity contribution < 1.29 is 19.4 Å². The summed E-state index contributed by atoms with van der Waals surface area (Å²) in [4.78, 5) is 37.5. The first kappa shape index (κ1) is 28.2. The normalized spacial score (nSPS) is 13.5. The van der Waals surface area contributed by atoms with Crippen LogP contribution >= 0.6 is 0 Å². The molecule has 0 saturated heterocycles. The number of amides is 2. The first-order chi connectivity index (χ1) is 19.9. The Hall–Kier alpha value is -4.31. The van der Waals surface area contributed by atoms with Crippen LogP contribution < -0.4 is 4.90 Å². The second kappa shape index (κ2) is 12.9. The molecule has 0 radical (unpaired) electrons. The van der Waals surface area contributed by atoms with Gasteiger partial charge in [-0.15, -0.1) is 0 Å². The molecule has 1 saturated carbocycles. The van der Waals surface area contributed by atoms with Gasteiger partial charge < -0.3 is 14.7 Å². The number of anilines is 1. The number of aromatic nitrogens is 4. The molecule has 0 aliphatic heterocycles. The van der Waals surface area contributed by atoms with Gasteiger partial charge in [0.05, 0.1) is 26.1 Å². The van der Waals surface area contributed by atoms with E-state index in [0.717, 1.165) is 52.7 Å². The Morgan fingerprint density at radius 1 is 1.07 bits per heavy atom. The van der Waals surface area contributed by atoms with E-state index in [9.17, 15) is 14.7 Å². The van der Waals surface area contributed by atoms with E-state index >= 15 is 0 Å². The minimum atomic E-state index is -1.11. The van der Waals surface area contributed by atoms with E-state index in [-0.39, 0.29) is 30.9 Å². The fourth-order valence-electron chi connectivity index (χ4n) is 5.59. The average Bonchev–Trinajstić information content (AvgIpc) is 3.64.